The van der Waals surface area contributed by atoms with Crippen LogP contribution in [0.5, 0.6) is 0 Å². The van der Waals surface area contributed by atoms with Gasteiger partial charge in [-0.3, -0.25) is 4.79 Å². The van der Waals surface area contributed by atoms with Gasteiger partial charge in [0.1, 0.15) is 6.54 Å². The summed E-state index contributed by atoms with van der Waals surface area (Å²) in [5.74, 6) is -0.992. The zero-order valence-electron chi connectivity index (χ0n) is 13.0. The van der Waals surface area contributed by atoms with Gasteiger partial charge in [-0.15, -0.1) is 0 Å². The number of hydrogen-bond acceptors (Lipinski definition) is 5. The molecule has 2 aromatic rings. The Kier molecular flexibility index (Phi) is 6.43. The van der Waals surface area contributed by atoms with E-state index in [2.05, 4.69) is 5.32 Å². The molecule has 6 nitrogen and oxygen atoms in total. The standard InChI is InChI=1S/C14H14N2O4S.Na.H/c15-10-1-5-12(6-2-10)21(19,20)13-7-3-11(4-8-13)16-9-14(17)18;;/h1-8,16H,9,15H2,(H,17,18);;/q;+1;-1. The van der Waals surface area contributed by atoms with E-state index >= 15 is 0 Å². The fraction of sp³-hybridized carbons (Fsp3) is 0.0714. The molecular weight excluding hydrogens is 315 g/mol. The van der Waals surface area contributed by atoms with Gasteiger partial charge >= 0.3 is 35.5 Å². The van der Waals surface area contributed by atoms with Crippen molar-refractivity contribution >= 4 is 27.2 Å². The monoisotopic (exact) mass is 330 g/mol. The van der Waals surface area contributed by atoms with Crippen molar-refractivity contribution in [3.05, 3.63) is 48.5 Å². The van der Waals surface area contributed by atoms with Gasteiger partial charge in [0.25, 0.3) is 0 Å². The predicted octanol–water partition coefficient (Wildman–Crippen LogP) is -1.29. The van der Waals surface area contributed by atoms with Crippen molar-refractivity contribution in [2.75, 3.05) is 17.6 Å². The number of hydrogen-bond donors (Lipinski definition) is 3. The average molecular weight is 330 g/mol. The van der Waals surface area contributed by atoms with Crippen LogP contribution in [0.25, 0.3) is 0 Å². The summed E-state index contributed by atoms with van der Waals surface area (Å²) in [6, 6.07) is 11.8. The minimum Gasteiger partial charge on any atom is -1.00 e. The van der Waals surface area contributed by atoms with E-state index in [9.17, 15) is 13.2 Å². The molecule has 0 fully saturated rings. The molecule has 0 aliphatic heterocycles. The zero-order valence-corrected chi connectivity index (χ0v) is 14.8. The number of rotatable bonds is 5. The van der Waals surface area contributed by atoms with Crippen LogP contribution < -0.4 is 40.6 Å². The van der Waals surface area contributed by atoms with E-state index in [-0.39, 0.29) is 47.3 Å². The number of nitrogens with one attached hydrogen (secondary N) is 1. The molecule has 22 heavy (non-hydrogen) atoms. The van der Waals surface area contributed by atoms with Crippen LogP contribution in [-0.2, 0) is 14.6 Å². The number of aliphatic carboxylic acids is 1. The van der Waals surface area contributed by atoms with Gasteiger partial charge in [-0.05, 0) is 48.5 Å². The summed E-state index contributed by atoms with van der Waals surface area (Å²) in [6.07, 6.45) is 0. The fourth-order valence-corrected chi connectivity index (χ4v) is 2.97. The number of nitrogens with two attached hydrogens (primary N) is 1. The number of carboxylic acid groups (broad SMARTS) is 1. The second-order valence-corrected chi connectivity index (χ2v) is 6.29. The summed E-state index contributed by atoms with van der Waals surface area (Å²) < 4.78 is 24.7. The van der Waals surface area contributed by atoms with Crippen LogP contribution in [0.15, 0.2) is 58.3 Å². The SMILES string of the molecule is Nc1ccc(S(=O)(=O)c2ccc(NCC(=O)O)cc2)cc1.[H-].[Na+]. The molecule has 0 spiro atoms. The smallest absolute Gasteiger partial charge is 1.00 e. The molecule has 112 valence electrons. The van der Waals surface area contributed by atoms with Crippen LogP contribution >= 0.6 is 0 Å². The Balaban J connectivity index is 0.00000242. The Hall–Kier alpha value is -1.54. The third-order valence-corrected chi connectivity index (χ3v) is 4.58. The first-order chi connectivity index (χ1) is 9.89. The van der Waals surface area contributed by atoms with Gasteiger partial charge in [0.15, 0.2) is 0 Å². The molecule has 0 unspecified atom stereocenters. The van der Waals surface area contributed by atoms with Crippen LogP contribution in [0, 0.1) is 0 Å². The minimum atomic E-state index is -3.60. The van der Waals surface area contributed by atoms with Crippen molar-refractivity contribution < 1.29 is 49.3 Å². The van der Waals surface area contributed by atoms with Gasteiger partial charge in [0.2, 0.25) is 9.84 Å². The van der Waals surface area contributed by atoms with E-state index in [4.69, 9.17) is 10.8 Å². The van der Waals surface area contributed by atoms with Gasteiger partial charge in [-0.2, -0.15) is 0 Å². The van der Waals surface area contributed by atoms with Gasteiger partial charge < -0.3 is 17.6 Å². The maximum atomic E-state index is 12.4. The molecule has 0 amide bonds. The first-order valence-electron chi connectivity index (χ1n) is 6.06. The van der Waals surface area contributed by atoms with Gasteiger partial charge in [-0.25, -0.2) is 8.42 Å². The molecule has 2 aromatic carbocycles. The Labute approximate surface area is 152 Å². The van der Waals surface area contributed by atoms with Crippen LogP contribution in [0.2, 0.25) is 0 Å². The van der Waals surface area contributed by atoms with E-state index in [1.54, 1.807) is 0 Å². The van der Waals surface area contributed by atoms with Crippen LogP contribution in [-0.4, -0.2) is 26.0 Å². The number of benzene rings is 2. The second kappa shape index (κ2) is 7.64. The molecule has 0 radical (unpaired) electrons. The summed E-state index contributed by atoms with van der Waals surface area (Å²) >= 11 is 0. The van der Waals surface area contributed by atoms with E-state index in [1.165, 1.54) is 48.5 Å². The van der Waals surface area contributed by atoms with Crippen molar-refractivity contribution in [2.45, 2.75) is 9.79 Å². The van der Waals surface area contributed by atoms with Gasteiger partial charge in [-0.1, -0.05) is 0 Å². The summed E-state index contributed by atoms with van der Waals surface area (Å²) in [7, 11) is -3.60. The predicted molar refractivity (Wildman–Crippen MR) is 80.0 cm³/mol. The Morgan fingerprint density at radius 1 is 1.05 bits per heavy atom. The fourth-order valence-electron chi connectivity index (χ4n) is 1.71. The summed E-state index contributed by atoms with van der Waals surface area (Å²) in [4.78, 5) is 10.7. The Morgan fingerprint density at radius 3 is 1.95 bits per heavy atom. The molecule has 0 heterocycles. The van der Waals surface area contributed by atoms with Crippen molar-refractivity contribution in [1.82, 2.24) is 0 Å². The van der Waals surface area contributed by atoms with E-state index < -0.39 is 15.8 Å². The van der Waals surface area contributed by atoms with Crippen LogP contribution in [0.4, 0.5) is 11.4 Å². The van der Waals surface area contributed by atoms with E-state index in [0.29, 0.717) is 11.4 Å². The first-order valence-corrected chi connectivity index (χ1v) is 7.54. The molecule has 4 N–H and O–H groups in total. The summed E-state index contributed by atoms with van der Waals surface area (Å²) in [6.45, 7) is -0.232. The van der Waals surface area contributed by atoms with E-state index in [1.807, 2.05) is 0 Å². The number of carbonyl (C=O) groups is 1. The maximum absolute atomic E-state index is 12.4. The van der Waals surface area contributed by atoms with Crippen molar-refractivity contribution in [3.8, 4) is 0 Å². The van der Waals surface area contributed by atoms with Crippen molar-refractivity contribution in [1.29, 1.82) is 0 Å². The average Bonchev–Trinajstić information content (AvgIpc) is 2.46. The molecule has 8 heteroatoms. The number of sulfone groups is 1. The quantitative estimate of drug-likeness (QED) is 0.465. The Morgan fingerprint density at radius 2 is 1.50 bits per heavy atom. The molecule has 0 saturated heterocycles. The van der Waals surface area contributed by atoms with Crippen molar-refractivity contribution in [3.63, 3.8) is 0 Å². The molecule has 0 aliphatic rings. The maximum Gasteiger partial charge on any atom is 1.00 e. The second-order valence-electron chi connectivity index (χ2n) is 4.34. The van der Waals surface area contributed by atoms with Gasteiger partial charge in [0, 0.05) is 11.4 Å². The van der Waals surface area contributed by atoms with E-state index in [0.717, 1.165) is 0 Å². The molecule has 0 bridgehead atoms. The summed E-state index contributed by atoms with van der Waals surface area (Å²) in [5, 5.41) is 11.2. The normalized spacial score (nSPS) is 10.5. The molecule has 0 aliphatic carbocycles. The van der Waals surface area contributed by atoms with Crippen molar-refractivity contribution in [2.24, 2.45) is 0 Å². The molecule has 2 rings (SSSR count). The first kappa shape index (κ1) is 18.5. The minimum absolute atomic E-state index is 0. The topological polar surface area (TPSA) is 109 Å². The third kappa shape index (κ3) is 4.48. The van der Waals surface area contributed by atoms with Crippen LogP contribution in [0.1, 0.15) is 1.43 Å². The molecular formula is C14H15N2NaO4S. The number of nitrogen functional groups attached to an aromatic ring is 1. The third-order valence-electron chi connectivity index (χ3n) is 2.80. The largest absolute Gasteiger partial charge is 1.00 e. The number of carboxylic acids is 1. The molecule has 0 saturated carbocycles. The van der Waals surface area contributed by atoms with Gasteiger partial charge in [0.05, 0.1) is 9.79 Å². The summed E-state index contributed by atoms with van der Waals surface area (Å²) in [5.41, 5.74) is 6.56. The zero-order chi connectivity index (χ0) is 15.5. The molecule has 0 atom stereocenters. The van der Waals surface area contributed by atoms with Crippen LogP contribution in [0.3, 0.4) is 0 Å². The number of anilines is 2. The Bertz CT molecular complexity index is 749. The molecule has 0 aromatic heterocycles.